The summed E-state index contributed by atoms with van der Waals surface area (Å²) in [4.78, 5) is 20.9. The molecule has 0 heterocycles. The first-order chi connectivity index (χ1) is 6.84. The van der Waals surface area contributed by atoms with Gasteiger partial charge in [0.15, 0.2) is 0 Å². The van der Waals surface area contributed by atoms with Crippen LogP contribution in [0.1, 0.15) is 13.3 Å². The number of thioether (sulfide) groups is 1. The van der Waals surface area contributed by atoms with Crippen molar-refractivity contribution in [3.05, 3.63) is 0 Å². The molecule has 3 N–H and O–H groups in total. The first-order valence-electron chi connectivity index (χ1n) is 4.23. The van der Waals surface area contributed by atoms with Crippen molar-refractivity contribution in [2.24, 2.45) is 0 Å². The van der Waals surface area contributed by atoms with Crippen LogP contribution in [0.25, 0.3) is 0 Å². The zero-order valence-corrected chi connectivity index (χ0v) is 9.66. The van der Waals surface area contributed by atoms with E-state index in [9.17, 15) is 14.7 Å². The molecule has 0 radical (unpaired) electrons. The van der Waals surface area contributed by atoms with Gasteiger partial charge in [-0.1, -0.05) is 0 Å². The van der Waals surface area contributed by atoms with Crippen LogP contribution in [0, 0.1) is 0 Å². The summed E-state index contributed by atoms with van der Waals surface area (Å²) in [5.74, 6) is -2.27. The van der Waals surface area contributed by atoms with Crippen LogP contribution in [0.15, 0.2) is 0 Å². The normalized spacial score (nSPS) is 16.7. The van der Waals surface area contributed by atoms with Crippen molar-refractivity contribution in [3.8, 4) is 0 Å². The van der Waals surface area contributed by atoms with E-state index in [4.69, 9.17) is 21.8 Å². The largest absolute Gasteiger partial charge is 0.481 e. The van der Waals surface area contributed by atoms with Crippen molar-refractivity contribution >= 4 is 35.3 Å². The number of aliphatic carboxylic acids is 2. The summed E-state index contributed by atoms with van der Waals surface area (Å²) in [6.45, 7) is 1.58. The number of hydrogen-bond acceptors (Lipinski definition) is 4. The SMILES string of the molecule is CC(Cl)C(O)CSC(CC(=O)O)C(=O)O. The summed E-state index contributed by atoms with van der Waals surface area (Å²) in [5, 5.41) is 24.9. The Balaban J connectivity index is 4.07. The lowest BCUT2D eigenvalue weighted by molar-refractivity contribution is -0.142. The van der Waals surface area contributed by atoms with Crippen molar-refractivity contribution in [2.45, 2.75) is 30.1 Å². The molecular formula is C8H13ClO5S. The molecule has 3 unspecified atom stereocenters. The second-order valence-electron chi connectivity index (χ2n) is 3.00. The van der Waals surface area contributed by atoms with E-state index < -0.39 is 35.1 Å². The molecule has 0 aromatic heterocycles. The average Bonchev–Trinajstić information content (AvgIpc) is 2.10. The number of carboxylic acids is 2. The van der Waals surface area contributed by atoms with E-state index in [2.05, 4.69) is 0 Å². The third-order valence-corrected chi connectivity index (χ3v) is 3.23. The zero-order chi connectivity index (χ0) is 12.0. The Morgan fingerprint density at radius 1 is 1.40 bits per heavy atom. The Morgan fingerprint density at radius 2 is 1.93 bits per heavy atom. The van der Waals surface area contributed by atoms with E-state index in [1.165, 1.54) is 0 Å². The lowest BCUT2D eigenvalue weighted by Crippen LogP contribution is -2.26. The maximum atomic E-state index is 10.6. The second-order valence-corrected chi connectivity index (χ2v) is 4.93. The van der Waals surface area contributed by atoms with E-state index in [1.54, 1.807) is 6.92 Å². The fourth-order valence-corrected chi connectivity index (χ4v) is 2.04. The Labute approximate surface area is 96.4 Å². The molecule has 0 saturated heterocycles. The maximum absolute atomic E-state index is 10.6. The van der Waals surface area contributed by atoms with Crippen molar-refractivity contribution in [2.75, 3.05) is 5.75 Å². The number of aliphatic hydroxyl groups excluding tert-OH is 1. The second kappa shape index (κ2) is 6.92. The number of carbonyl (C=O) groups is 2. The highest BCUT2D eigenvalue weighted by atomic mass is 35.5. The van der Waals surface area contributed by atoms with E-state index in [1.807, 2.05) is 0 Å². The van der Waals surface area contributed by atoms with Gasteiger partial charge in [-0.2, -0.15) is 0 Å². The average molecular weight is 257 g/mol. The molecule has 0 saturated carbocycles. The van der Waals surface area contributed by atoms with Gasteiger partial charge in [-0.05, 0) is 6.92 Å². The fraction of sp³-hybridized carbons (Fsp3) is 0.750. The summed E-state index contributed by atoms with van der Waals surface area (Å²) in [6.07, 6.45) is -1.31. The Morgan fingerprint density at radius 3 is 2.27 bits per heavy atom. The molecule has 0 spiro atoms. The molecule has 0 amide bonds. The van der Waals surface area contributed by atoms with Gasteiger partial charge in [-0.15, -0.1) is 23.4 Å². The molecule has 3 atom stereocenters. The third-order valence-electron chi connectivity index (χ3n) is 1.63. The lowest BCUT2D eigenvalue weighted by atomic mass is 10.3. The molecule has 5 nitrogen and oxygen atoms in total. The summed E-state index contributed by atoms with van der Waals surface area (Å²) in [6, 6.07) is 0. The van der Waals surface area contributed by atoms with E-state index in [0.29, 0.717) is 0 Å². The van der Waals surface area contributed by atoms with Crippen LogP contribution in [0.5, 0.6) is 0 Å². The molecule has 0 aromatic rings. The van der Waals surface area contributed by atoms with E-state index >= 15 is 0 Å². The van der Waals surface area contributed by atoms with Gasteiger partial charge in [0.05, 0.1) is 17.9 Å². The Bertz CT molecular complexity index is 233. The smallest absolute Gasteiger partial charge is 0.317 e. The van der Waals surface area contributed by atoms with Crippen molar-refractivity contribution in [3.63, 3.8) is 0 Å². The zero-order valence-electron chi connectivity index (χ0n) is 8.09. The minimum absolute atomic E-state index is 0.106. The van der Waals surface area contributed by atoms with Gasteiger partial charge in [0.2, 0.25) is 0 Å². The van der Waals surface area contributed by atoms with Gasteiger partial charge in [0, 0.05) is 5.75 Å². The summed E-state index contributed by atoms with van der Waals surface area (Å²) in [5.41, 5.74) is 0. The molecule has 0 rings (SSSR count). The highest BCUT2D eigenvalue weighted by molar-refractivity contribution is 8.00. The third kappa shape index (κ3) is 6.59. The molecule has 88 valence electrons. The van der Waals surface area contributed by atoms with E-state index in [-0.39, 0.29) is 5.75 Å². The molecule has 0 fully saturated rings. The topological polar surface area (TPSA) is 94.8 Å². The molecule has 0 aromatic carbocycles. The molecular weight excluding hydrogens is 244 g/mol. The van der Waals surface area contributed by atoms with Crippen LogP contribution in [0.3, 0.4) is 0 Å². The minimum atomic E-state index is -1.20. The van der Waals surface area contributed by atoms with Crippen LogP contribution in [0.4, 0.5) is 0 Å². The number of aliphatic hydroxyl groups is 1. The monoisotopic (exact) mass is 256 g/mol. The van der Waals surface area contributed by atoms with Crippen LogP contribution in [-0.2, 0) is 9.59 Å². The highest BCUT2D eigenvalue weighted by Crippen LogP contribution is 2.18. The van der Waals surface area contributed by atoms with Crippen LogP contribution in [0.2, 0.25) is 0 Å². The van der Waals surface area contributed by atoms with Gasteiger partial charge in [0.25, 0.3) is 0 Å². The van der Waals surface area contributed by atoms with Crippen LogP contribution < -0.4 is 0 Å². The van der Waals surface area contributed by atoms with Gasteiger partial charge in [-0.3, -0.25) is 9.59 Å². The van der Waals surface area contributed by atoms with Crippen molar-refractivity contribution < 1.29 is 24.9 Å². The summed E-state index contributed by atoms with van der Waals surface area (Å²) in [7, 11) is 0. The number of hydrogen-bond donors (Lipinski definition) is 3. The summed E-state index contributed by atoms with van der Waals surface area (Å²) < 4.78 is 0. The molecule has 0 aliphatic rings. The van der Waals surface area contributed by atoms with Gasteiger partial charge >= 0.3 is 11.9 Å². The Hall–Kier alpha value is -0.460. The standard InChI is InChI=1S/C8H13ClO5S/c1-4(9)5(10)3-15-6(8(13)14)2-7(11)12/h4-6,10H,2-3H2,1H3,(H,11,12)(H,13,14). The Kier molecular flexibility index (Phi) is 6.71. The first kappa shape index (κ1) is 14.5. The van der Waals surface area contributed by atoms with Gasteiger partial charge in [-0.25, -0.2) is 0 Å². The fourth-order valence-electron chi connectivity index (χ4n) is 0.723. The van der Waals surface area contributed by atoms with Crippen molar-refractivity contribution in [1.82, 2.24) is 0 Å². The predicted molar refractivity (Wildman–Crippen MR) is 57.5 cm³/mol. The molecule has 0 aliphatic carbocycles. The first-order valence-corrected chi connectivity index (χ1v) is 5.71. The number of carboxylic acid groups (broad SMARTS) is 2. The van der Waals surface area contributed by atoms with Crippen LogP contribution >= 0.6 is 23.4 Å². The van der Waals surface area contributed by atoms with E-state index in [0.717, 1.165) is 11.8 Å². The molecule has 0 aliphatic heterocycles. The number of halogens is 1. The minimum Gasteiger partial charge on any atom is -0.481 e. The van der Waals surface area contributed by atoms with Gasteiger partial charge < -0.3 is 15.3 Å². The molecule has 15 heavy (non-hydrogen) atoms. The quantitative estimate of drug-likeness (QED) is 0.579. The number of alkyl halides is 1. The lowest BCUT2D eigenvalue weighted by Gasteiger charge is -2.15. The maximum Gasteiger partial charge on any atom is 0.317 e. The van der Waals surface area contributed by atoms with Gasteiger partial charge in [0.1, 0.15) is 5.25 Å². The van der Waals surface area contributed by atoms with Crippen molar-refractivity contribution in [1.29, 1.82) is 0 Å². The molecule has 0 bridgehead atoms. The number of rotatable bonds is 7. The molecule has 7 heteroatoms. The summed E-state index contributed by atoms with van der Waals surface area (Å²) >= 11 is 6.45. The predicted octanol–water partition coefficient (Wildman–Crippen LogP) is 0.636. The highest BCUT2D eigenvalue weighted by Gasteiger charge is 2.23. The van der Waals surface area contributed by atoms with Crippen LogP contribution in [-0.4, -0.2) is 49.7 Å².